The van der Waals surface area contributed by atoms with Crippen molar-refractivity contribution in [1.29, 1.82) is 0 Å². The number of nitrogens with one attached hydrogen (secondary N) is 1. The van der Waals surface area contributed by atoms with Crippen molar-refractivity contribution < 1.29 is 23.2 Å². The van der Waals surface area contributed by atoms with Crippen molar-refractivity contribution in [1.82, 2.24) is 10.5 Å². The lowest BCUT2D eigenvalue weighted by molar-refractivity contribution is 0.0706. The Bertz CT molecular complexity index is 1160. The summed E-state index contributed by atoms with van der Waals surface area (Å²) in [7, 11) is 0. The van der Waals surface area contributed by atoms with E-state index in [4.69, 9.17) is 9.62 Å². The number of amides is 1. The molecule has 0 aliphatic heterocycles. The smallest absolute Gasteiger partial charge is 0.274 e. The Morgan fingerprint density at radius 2 is 1.67 bits per heavy atom. The number of hydrogen-bond donors (Lipinski definition) is 2. The van der Waals surface area contributed by atoms with Gasteiger partial charge in [0.15, 0.2) is 17.2 Å². The maximum atomic E-state index is 14.7. The number of benzene rings is 3. The maximum Gasteiger partial charge on any atom is 0.274 e. The van der Waals surface area contributed by atoms with Crippen LogP contribution in [0.4, 0.5) is 8.78 Å². The number of nitrogens with zero attached hydrogens (tertiary/aromatic N) is 1. The zero-order valence-electron chi connectivity index (χ0n) is 13.7. The summed E-state index contributed by atoms with van der Waals surface area (Å²) in [6.45, 7) is 0. The molecule has 0 spiro atoms. The van der Waals surface area contributed by atoms with Crippen molar-refractivity contribution >= 4 is 17.0 Å². The molecule has 0 unspecified atom stereocenters. The van der Waals surface area contributed by atoms with Crippen LogP contribution in [-0.4, -0.2) is 16.1 Å². The first-order valence-electron chi connectivity index (χ1n) is 7.97. The van der Waals surface area contributed by atoms with Gasteiger partial charge in [0, 0.05) is 11.1 Å². The normalized spacial score (nSPS) is 10.9. The highest BCUT2D eigenvalue weighted by atomic mass is 19.2. The van der Waals surface area contributed by atoms with Crippen LogP contribution in [0.3, 0.4) is 0 Å². The van der Waals surface area contributed by atoms with E-state index in [2.05, 4.69) is 4.98 Å². The predicted octanol–water partition coefficient (Wildman–Crippen LogP) is 4.56. The molecule has 27 heavy (non-hydrogen) atoms. The molecule has 0 saturated carbocycles. The molecule has 0 radical (unpaired) electrons. The number of hydroxylamine groups is 1. The molecule has 0 fully saturated rings. The first-order valence-corrected chi connectivity index (χ1v) is 7.97. The number of carbonyl (C=O) groups excluding carboxylic acids is 1. The van der Waals surface area contributed by atoms with Crippen LogP contribution in [0.15, 0.2) is 65.1 Å². The number of oxazole rings is 1. The van der Waals surface area contributed by atoms with E-state index in [0.29, 0.717) is 11.1 Å². The van der Waals surface area contributed by atoms with E-state index in [9.17, 15) is 13.6 Å². The fourth-order valence-electron chi connectivity index (χ4n) is 2.80. The molecule has 1 amide bonds. The third kappa shape index (κ3) is 2.94. The van der Waals surface area contributed by atoms with Gasteiger partial charge in [0.25, 0.3) is 5.91 Å². The van der Waals surface area contributed by atoms with Crippen LogP contribution >= 0.6 is 0 Å². The van der Waals surface area contributed by atoms with Crippen LogP contribution in [0.1, 0.15) is 10.4 Å². The van der Waals surface area contributed by atoms with Crippen molar-refractivity contribution in [2.24, 2.45) is 0 Å². The van der Waals surface area contributed by atoms with Crippen molar-refractivity contribution in [3.63, 3.8) is 0 Å². The third-order valence-corrected chi connectivity index (χ3v) is 4.15. The summed E-state index contributed by atoms with van der Waals surface area (Å²) < 4.78 is 34.7. The Balaban J connectivity index is 1.79. The van der Waals surface area contributed by atoms with Gasteiger partial charge in [0.1, 0.15) is 5.52 Å². The van der Waals surface area contributed by atoms with Crippen LogP contribution in [0.2, 0.25) is 0 Å². The average Bonchev–Trinajstić information content (AvgIpc) is 3.13. The molecular weight excluding hydrogens is 354 g/mol. The van der Waals surface area contributed by atoms with Crippen LogP contribution < -0.4 is 5.48 Å². The summed E-state index contributed by atoms with van der Waals surface area (Å²) in [5.74, 6) is -2.90. The van der Waals surface area contributed by atoms with Gasteiger partial charge in [-0.05, 0) is 29.8 Å². The van der Waals surface area contributed by atoms with Crippen LogP contribution in [0, 0.1) is 11.6 Å². The minimum absolute atomic E-state index is 0.109. The number of rotatable bonds is 3. The molecule has 7 heteroatoms. The Morgan fingerprint density at radius 3 is 2.41 bits per heavy atom. The largest absolute Gasteiger partial charge is 0.436 e. The molecule has 1 heterocycles. The number of hydrogen-bond acceptors (Lipinski definition) is 4. The molecule has 3 aromatic carbocycles. The Hall–Kier alpha value is -3.58. The van der Waals surface area contributed by atoms with Crippen molar-refractivity contribution in [3.05, 3.63) is 77.9 Å². The molecule has 4 rings (SSSR count). The zero-order chi connectivity index (χ0) is 19.0. The summed E-state index contributed by atoms with van der Waals surface area (Å²) in [6, 6.07) is 15.7. The summed E-state index contributed by atoms with van der Waals surface area (Å²) >= 11 is 0. The Labute approximate surface area is 151 Å². The second-order valence-corrected chi connectivity index (χ2v) is 5.80. The summed E-state index contributed by atoms with van der Waals surface area (Å²) in [5, 5.41) is 8.70. The standard InChI is InChI=1S/C20H12F2N2O3/c21-17-13(11-4-2-1-3-5-11)7-8-14(18(17)22)20-23-15-10-12(19(25)24-26)6-9-16(15)27-20/h1-10,26H,(H,24,25). The molecule has 5 nitrogen and oxygen atoms in total. The van der Waals surface area contributed by atoms with Gasteiger partial charge in [-0.1, -0.05) is 36.4 Å². The predicted molar refractivity (Wildman–Crippen MR) is 94.0 cm³/mol. The summed E-state index contributed by atoms with van der Waals surface area (Å²) in [4.78, 5) is 15.6. The van der Waals surface area contributed by atoms with E-state index in [1.807, 2.05) is 0 Å². The topological polar surface area (TPSA) is 75.4 Å². The van der Waals surface area contributed by atoms with Crippen LogP contribution in [0.5, 0.6) is 0 Å². The van der Waals surface area contributed by atoms with E-state index in [1.54, 1.807) is 30.3 Å². The fraction of sp³-hybridized carbons (Fsp3) is 0. The monoisotopic (exact) mass is 366 g/mol. The van der Waals surface area contributed by atoms with Crippen LogP contribution in [-0.2, 0) is 0 Å². The van der Waals surface area contributed by atoms with E-state index in [1.165, 1.54) is 35.8 Å². The lowest BCUT2D eigenvalue weighted by atomic mass is 10.0. The molecule has 2 N–H and O–H groups in total. The van der Waals surface area contributed by atoms with Gasteiger partial charge >= 0.3 is 0 Å². The quantitative estimate of drug-likeness (QED) is 0.412. The molecule has 0 atom stereocenters. The molecule has 134 valence electrons. The highest BCUT2D eigenvalue weighted by Crippen LogP contribution is 2.32. The minimum atomic E-state index is -1.07. The second kappa shape index (κ2) is 6.62. The molecule has 0 aliphatic carbocycles. The first kappa shape index (κ1) is 16.9. The van der Waals surface area contributed by atoms with Crippen LogP contribution in [0.25, 0.3) is 33.7 Å². The van der Waals surface area contributed by atoms with E-state index in [-0.39, 0.29) is 28.1 Å². The fourth-order valence-corrected chi connectivity index (χ4v) is 2.80. The SMILES string of the molecule is O=C(NO)c1ccc2oc(-c3ccc(-c4ccccc4)c(F)c3F)nc2c1. The van der Waals surface area contributed by atoms with Gasteiger partial charge in [-0.25, -0.2) is 19.2 Å². The summed E-state index contributed by atoms with van der Waals surface area (Å²) in [5.41, 5.74) is 2.80. The average molecular weight is 366 g/mol. The Kier molecular flexibility index (Phi) is 4.13. The molecule has 0 saturated heterocycles. The molecule has 1 aromatic heterocycles. The number of halogens is 2. The lowest BCUT2D eigenvalue weighted by Gasteiger charge is -2.06. The van der Waals surface area contributed by atoms with Gasteiger partial charge in [0.2, 0.25) is 5.89 Å². The van der Waals surface area contributed by atoms with Gasteiger partial charge in [-0.3, -0.25) is 10.0 Å². The highest BCUT2D eigenvalue weighted by Gasteiger charge is 2.20. The van der Waals surface area contributed by atoms with E-state index >= 15 is 0 Å². The minimum Gasteiger partial charge on any atom is -0.436 e. The molecule has 0 bridgehead atoms. The number of fused-ring (bicyclic) bond motifs is 1. The number of aromatic nitrogens is 1. The first-order chi connectivity index (χ1) is 13.1. The van der Waals surface area contributed by atoms with E-state index < -0.39 is 17.5 Å². The molecule has 4 aromatic rings. The van der Waals surface area contributed by atoms with Gasteiger partial charge in [0.05, 0.1) is 5.56 Å². The van der Waals surface area contributed by atoms with Crippen molar-refractivity contribution in [2.45, 2.75) is 0 Å². The van der Waals surface area contributed by atoms with Gasteiger partial charge in [-0.15, -0.1) is 0 Å². The number of carbonyl (C=O) groups is 1. The highest BCUT2D eigenvalue weighted by molar-refractivity contribution is 5.96. The summed E-state index contributed by atoms with van der Waals surface area (Å²) in [6.07, 6.45) is 0. The lowest BCUT2D eigenvalue weighted by Crippen LogP contribution is -2.18. The van der Waals surface area contributed by atoms with Crippen molar-refractivity contribution in [3.8, 4) is 22.6 Å². The van der Waals surface area contributed by atoms with Gasteiger partial charge < -0.3 is 4.42 Å². The Morgan fingerprint density at radius 1 is 0.963 bits per heavy atom. The van der Waals surface area contributed by atoms with Gasteiger partial charge in [-0.2, -0.15) is 0 Å². The third-order valence-electron chi connectivity index (χ3n) is 4.15. The van der Waals surface area contributed by atoms with Crippen molar-refractivity contribution in [2.75, 3.05) is 0 Å². The molecular formula is C20H12F2N2O3. The zero-order valence-corrected chi connectivity index (χ0v) is 13.7. The maximum absolute atomic E-state index is 14.7. The molecule has 0 aliphatic rings. The second-order valence-electron chi connectivity index (χ2n) is 5.80. The van der Waals surface area contributed by atoms with E-state index in [0.717, 1.165) is 0 Å².